The Morgan fingerprint density at radius 1 is 1.03 bits per heavy atom. The molecule has 2 rings (SSSR count). The van der Waals surface area contributed by atoms with Gasteiger partial charge >= 0.3 is 0 Å². The lowest BCUT2D eigenvalue weighted by molar-refractivity contribution is -0.126. The van der Waals surface area contributed by atoms with E-state index in [1.54, 1.807) is 36.4 Å². The van der Waals surface area contributed by atoms with Crippen LogP contribution in [-0.2, 0) is 9.59 Å². The maximum absolute atomic E-state index is 13.0. The van der Waals surface area contributed by atoms with E-state index < -0.39 is 17.7 Å². The third-order valence-electron chi connectivity index (χ3n) is 4.23. The number of nitrogens with zero attached hydrogens (tertiary/aromatic N) is 3. The van der Waals surface area contributed by atoms with Crippen molar-refractivity contribution >= 4 is 34.8 Å². The van der Waals surface area contributed by atoms with E-state index in [2.05, 4.69) is 10.2 Å². The summed E-state index contributed by atoms with van der Waals surface area (Å²) in [6.07, 6.45) is 0. The molecule has 2 aromatic rings. The summed E-state index contributed by atoms with van der Waals surface area (Å²) in [5, 5.41) is 8.07. The summed E-state index contributed by atoms with van der Waals surface area (Å²) in [6, 6.07) is 8.40. The van der Waals surface area contributed by atoms with Crippen LogP contribution in [0.2, 0.25) is 0 Å². The number of halogens is 1. The molecule has 1 amide bonds. The zero-order valence-corrected chi connectivity index (χ0v) is 19.4. The van der Waals surface area contributed by atoms with Crippen LogP contribution in [0.5, 0.6) is 23.0 Å². The van der Waals surface area contributed by atoms with Gasteiger partial charge < -0.3 is 18.9 Å². The van der Waals surface area contributed by atoms with Gasteiger partial charge in [-0.2, -0.15) is 10.2 Å². The predicted octanol–water partition coefficient (Wildman–Crippen LogP) is 4.73. The van der Waals surface area contributed by atoms with E-state index in [0.29, 0.717) is 36.1 Å². The Kier molecular flexibility index (Phi) is 9.27. The fourth-order valence-corrected chi connectivity index (χ4v) is 3.01. The molecule has 0 saturated carbocycles. The Balaban J connectivity index is 2.39. The van der Waals surface area contributed by atoms with Crippen molar-refractivity contribution in [2.75, 3.05) is 31.9 Å². The van der Waals surface area contributed by atoms with Crippen LogP contribution in [0.4, 0.5) is 11.4 Å². The fraction of sp³-hybridized carbons (Fsp3) is 0.364. The number of rotatable bonds is 11. The summed E-state index contributed by atoms with van der Waals surface area (Å²) < 4.78 is 22.3. The van der Waals surface area contributed by atoms with Gasteiger partial charge in [-0.05, 0) is 45.0 Å². The molecule has 0 radical (unpaired) electrons. The zero-order valence-electron chi connectivity index (χ0n) is 18.6. The molecule has 0 aliphatic rings. The molecule has 0 aliphatic carbocycles. The maximum atomic E-state index is 13.0. The third-order valence-corrected chi connectivity index (χ3v) is 4.58. The Morgan fingerprint density at radius 3 is 2.34 bits per heavy atom. The number of ether oxygens (including phenoxy) is 4. The van der Waals surface area contributed by atoms with Crippen molar-refractivity contribution in [3.05, 3.63) is 36.4 Å². The maximum Gasteiger partial charge on any atom is 0.276 e. The van der Waals surface area contributed by atoms with Crippen LogP contribution in [0.25, 0.3) is 0 Å². The van der Waals surface area contributed by atoms with Gasteiger partial charge in [-0.25, -0.2) is 4.42 Å². The van der Waals surface area contributed by atoms with Gasteiger partial charge in [0.15, 0.2) is 17.3 Å². The Morgan fingerprint density at radius 2 is 1.75 bits per heavy atom. The molecule has 0 heterocycles. The van der Waals surface area contributed by atoms with E-state index in [1.807, 2.05) is 13.8 Å². The fourth-order valence-electron chi connectivity index (χ4n) is 2.78. The molecule has 0 fully saturated rings. The lowest BCUT2D eigenvalue weighted by atomic mass is 10.2. The molecular formula is C22H26ClN3O6. The standard InChI is InChI=1S/C22H26ClN3O6/c1-6-31-15-11-12-18(32-7-2)16(13-15)24-25-20(14(3)27)22(28)26(23)17-9-8-10-19(29-4)21(17)30-5/h8-13,20H,6-7H2,1-5H3. The van der Waals surface area contributed by atoms with Crippen LogP contribution in [-0.4, -0.2) is 45.2 Å². The van der Waals surface area contributed by atoms with Gasteiger partial charge in [0.1, 0.15) is 22.9 Å². The van der Waals surface area contributed by atoms with Crippen molar-refractivity contribution in [2.45, 2.75) is 26.8 Å². The van der Waals surface area contributed by atoms with Gasteiger partial charge in [0.2, 0.25) is 6.04 Å². The number of hydrogen-bond acceptors (Lipinski definition) is 8. The van der Waals surface area contributed by atoms with E-state index >= 15 is 0 Å². The normalized spacial score (nSPS) is 11.7. The Bertz CT molecular complexity index is 982. The predicted molar refractivity (Wildman–Crippen MR) is 121 cm³/mol. The first-order valence-electron chi connectivity index (χ1n) is 9.89. The zero-order chi connectivity index (χ0) is 23.7. The number of hydrogen-bond donors (Lipinski definition) is 0. The number of methoxy groups -OCH3 is 2. The van der Waals surface area contributed by atoms with Gasteiger partial charge in [0.25, 0.3) is 5.91 Å². The minimum absolute atomic E-state index is 0.202. The van der Waals surface area contributed by atoms with Crippen molar-refractivity contribution in [3.8, 4) is 23.0 Å². The van der Waals surface area contributed by atoms with E-state index in [9.17, 15) is 9.59 Å². The summed E-state index contributed by atoms with van der Waals surface area (Å²) in [5.41, 5.74) is 0.519. The topological polar surface area (TPSA) is 99.0 Å². The lowest BCUT2D eigenvalue weighted by Crippen LogP contribution is -2.36. The molecular weight excluding hydrogens is 438 g/mol. The third kappa shape index (κ3) is 5.88. The van der Waals surface area contributed by atoms with E-state index in [1.165, 1.54) is 21.1 Å². The number of amides is 1. The summed E-state index contributed by atoms with van der Waals surface area (Å²) >= 11 is 6.29. The highest BCUT2D eigenvalue weighted by Crippen LogP contribution is 2.39. The molecule has 1 atom stereocenters. The van der Waals surface area contributed by atoms with Crippen LogP contribution in [0.3, 0.4) is 0 Å². The lowest BCUT2D eigenvalue weighted by Gasteiger charge is -2.20. The quantitative estimate of drug-likeness (QED) is 0.271. The highest BCUT2D eigenvalue weighted by molar-refractivity contribution is 6.39. The number of carbonyl (C=O) groups is 2. The summed E-state index contributed by atoms with van der Waals surface area (Å²) in [5.74, 6) is 0.264. The largest absolute Gasteiger partial charge is 0.494 e. The van der Waals surface area contributed by atoms with Gasteiger partial charge in [-0.1, -0.05) is 6.07 Å². The molecule has 1 unspecified atom stereocenters. The smallest absolute Gasteiger partial charge is 0.276 e. The molecule has 0 aliphatic heterocycles. The first kappa shape index (κ1) is 24.9. The number of Topliss-reactive ketones (excluding diaryl/α,β-unsaturated/α-hetero) is 1. The number of ketones is 1. The van der Waals surface area contributed by atoms with Crippen molar-refractivity contribution in [3.63, 3.8) is 0 Å². The molecule has 32 heavy (non-hydrogen) atoms. The number of carbonyl (C=O) groups excluding carboxylic acids is 2. The van der Waals surface area contributed by atoms with Gasteiger partial charge in [-0.3, -0.25) is 9.59 Å². The van der Waals surface area contributed by atoms with Crippen LogP contribution >= 0.6 is 11.8 Å². The Hall–Kier alpha value is -3.33. The summed E-state index contributed by atoms with van der Waals surface area (Å²) in [4.78, 5) is 25.2. The van der Waals surface area contributed by atoms with Crippen LogP contribution in [0.15, 0.2) is 46.6 Å². The molecule has 0 bridgehead atoms. The molecule has 172 valence electrons. The van der Waals surface area contributed by atoms with Gasteiger partial charge in [-0.15, -0.1) is 0 Å². The molecule has 2 aromatic carbocycles. The second-order valence-electron chi connectivity index (χ2n) is 6.36. The molecule has 0 aromatic heterocycles. The minimum Gasteiger partial charge on any atom is -0.494 e. The van der Waals surface area contributed by atoms with E-state index in [4.69, 9.17) is 30.7 Å². The first-order chi connectivity index (χ1) is 15.4. The highest BCUT2D eigenvalue weighted by atomic mass is 35.5. The average Bonchev–Trinajstić information content (AvgIpc) is 2.79. The summed E-state index contributed by atoms with van der Waals surface area (Å²) in [6.45, 7) is 5.77. The van der Waals surface area contributed by atoms with Gasteiger partial charge in [0.05, 0.1) is 27.4 Å². The van der Waals surface area contributed by atoms with Crippen molar-refractivity contribution < 1.29 is 28.5 Å². The van der Waals surface area contributed by atoms with Crippen LogP contribution in [0, 0.1) is 0 Å². The highest BCUT2D eigenvalue weighted by Gasteiger charge is 2.31. The summed E-state index contributed by atoms with van der Waals surface area (Å²) in [7, 11) is 2.88. The van der Waals surface area contributed by atoms with Crippen molar-refractivity contribution in [1.29, 1.82) is 0 Å². The van der Waals surface area contributed by atoms with Crippen molar-refractivity contribution in [1.82, 2.24) is 0 Å². The number of benzene rings is 2. The van der Waals surface area contributed by atoms with Crippen molar-refractivity contribution in [2.24, 2.45) is 10.2 Å². The van der Waals surface area contributed by atoms with E-state index in [0.717, 1.165) is 4.42 Å². The minimum atomic E-state index is -1.48. The van der Waals surface area contributed by atoms with Crippen LogP contribution in [0.1, 0.15) is 20.8 Å². The first-order valence-corrected chi connectivity index (χ1v) is 10.2. The SMILES string of the molecule is CCOc1ccc(OCC)c(N=NC(C(C)=O)C(=O)N(Cl)c2cccc(OC)c2OC)c1. The Labute approximate surface area is 192 Å². The molecule has 0 N–H and O–H groups in total. The average molecular weight is 464 g/mol. The van der Waals surface area contributed by atoms with E-state index in [-0.39, 0.29) is 11.4 Å². The molecule has 9 nitrogen and oxygen atoms in total. The second-order valence-corrected chi connectivity index (χ2v) is 6.69. The number of para-hydroxylation sites is 1. The molecule has 0 saturated heterocycles. The van der Waals surface area contributed by atoms with Gasteiger partial charge in [0, 0.05) is 17.8 Å². The second kappa shape index (κ2) is 11.9. The number of azo groups is 1. The van der Waals surface area contributed by atoms with Crippen LogP contribution < -0.4 is 23.4 Å². The molecule has 10 heteroatoms. The monoisotopic (exact) mass is 463 g/mol. The number of anilines is 1. The molecule has 0 spiro atoms.